The van der Waals surface area contributed by atoms with Gasteiger partial charge in [0.05, 0.1) is 0 Å². The molecule has 0 bridgehead atoms. The number of rotatable bonds is 2. The van der Waals surface area contributed by atoms with Crippen molar-refractivity contribution in [3.05, 3.63) is 66.4 Å². The van der Waals surface area contributed by atoms with Crippen molar-refractivity contribution in [3.63, 3.8) is 0 Å². The molecule has 1 aromatic rings. The predicted molar refractivity (Wildman–Crippen MR) is 73.0 cm³/mol. The van der Waals surface area contributed by atoms with Crippen LogP contribution in [0.2, 0.25) is 0 Å². The maximum absolute atomic E-state index is 12.2. The van der Waals surface area contributed by atoms with Gasteiger partial charge in [-0.05, 0) is 29.3 Å². The van der Waals surface area contributed by atoms with E-state index in [0.29, 0.717) is 11.4 Å². The highest BCUT2D eigenvalue weighted by Gasteiger charge is 2.15. The Morgan fingerprint density at radius 1 is 0.947 bits per heavy atom. The van der Waals surface area contributed by atoms with E-state index in [1.165, 1.54) is 0 Å². The van der Waals surface area contributed by atoms with Crippen molar-refractivity contribution in [3.8, 4) is 11.1 Å². The molecule has 0 aliphatic heterocycles. The highest BCUT2D eigenvalue weighted by atomic mass is 16.1. The van der Waals surface area contributed by atoms with Crippen LogP contribution >= 0.6 is 0 Å². The molecule has 0 aromatic carbocycles. The summed E-state index contributed by atoms with van der Waals surface area (Å²) in [5.74, 6) is 0.267. The van der Waals surface area contributed by atoms with E-state index >= 15 is 0 Å². The number of nitrogens with one attached hydrogen (secondary N) is 1. The first-order valence-corrected chi connectivity index (χ1v) is 5.91. The maximum Gasteiger partial charge on any atom is 0.257 e. The summed E-state index contributed by atoms with van der Waals surface area (Å²) in [7, 11) is 0. The van der Waals surface area contributed by atoms with E-state index in [1.807, 2.05) is 42.5 Å². The number of hydrogen-bond donors (Lipinski definition) is 1. The van der Waals surface area contributed by atoms with Gasteiger partial charge in [-0.25, -0.2) is 0 Å². The fraction of sp³-hybridized carbons (Fsp3) is 0. The Hall–Kier alpha value is -2.75. The first kappa shape index (κ1) is 11.3. The quantitative estimate of drug-likeness (QED) is 0.759. The van der Waals surface area contributed by atoms with E-state index in [-0.39, 0.29) is 5.91 Å². The van der Waals surface area contributed by atoms with E-state index in [0.717, 1.165) is 11.1 Å². The second-order valence-corrected chi connectivity index (χ2v) is 4.09. The third kappa shape index (κ3) is 2.28. The molecule has 1 heterocycles. The highest BCUT2D eigenvalue weighted by Crippen LogP contribution is 2.27. The van der Waals surface area contributed by atoms with Crippen LogP contribution in [0.25, 0.3) is 11.1 Å². The van der Waals surface area contributed by atoms with E-state index < -0.39 is 0 Å². The molecule has 0 spiro atoms. The van der Waals surface area contributed by atoms with Crippen molar-refractivity contribution in [2.24, 2.45) is 0 Å². The lowest BCUT2D eigenvalue weighted by Gasteiger charge is -2.03. The Labute approximate surface area is 110 Å². The lowest BCUT2D eigenvalue weighted by Crippen LogP contribution is -2.13. The van der Waals surface area contributed by atoms with Crippen molar-refractivity contribution in [1.29, 1.82) is 0 Å². The minimum absolute atomic E-state index is 0.179. The highest BCUT2D eigenvalue weighted by molar-refractivity contribution is 6.09. The summed E-state index contributed by atoms with van der Waals surface area (Å²) >= 11 is 0. The van der Waals surface area contributed by atoms with Gasteiger partial charge in [-0.15, -0.1) is 5.10 Å². The van der Waals surface area contributed by atoms with Crippen molar-refractivity contribution in [2.75, 3.05) is 5.32 Å². The van der Waals surface area contributed by atoms with Gasteiger partial charge in [0.15, 0.2) is 5.82 Å². The normalized spacial score (nSPS) is 10.3. The molecule has 2 aliphatic rings. The van der Waals surface area contributed by atoms with E-state index in [9.17, 15) is 4.79 Å². The molecule has 0 unspecified atom stereocenters. The van der Waals surface area contributed by atoms with Gasteiger partial charge >= 0.3 is 0 Å². The lowest BCUT2D eigenvalue weighted by atomic mass is 10.1. The lowest BCUT2D eigenvalue weighted by molar-refractivity contribution is 0.102. The van der Waals surface area contributed by atoms with Crippen molar-refractivity contribution >= 4 is 11.7 Å². The zero-order valence-corrected chi connectivity index (χ0v) is 10.1. The number of carbonyl (C=O) groups is 1. The van der Waals surface area contributed by atoms with Crippen LogP contribution in [0, 0.1) is 0 Å². The molecular formula is C15H11N3O. The van der Waals surface area contributed by atoms with Crippen LogP contribution < -0.4 is 5.32 Å². The third-order valence-corrected chi connectivity index (χ3v) is 2.85. The minimum atomic E-state index is -0.179. The minimum Gasteiger partial charge on any atom is -0.305 e. The molecule has 1 N–H and O–H groups in total. The molecule has 0 atom stereocenters. The monoisotopic (exact) mass is 249 g/mol. The van der Waals surface area contributed by atoms with E-state index in [2.05, 4.69) is 15.5 Å². The topological polar surface area (TPSA) is 54.9 Å². The van der Waals surface area contributed by atoms with E-state index in [4.69, 9.17) is 0 Å². The number of hydrogen-bond acceptors (Lipinski definition) is 3. The van der Waals surface area contributed by atoms with Gasteiger partial charge in [0, 0.05) is 11.8 Å². The first-order valence-electron chi connectivity index (χ1n) is 5.91. The molecule has 0 saturated heterocycles. The second-order valence-electron chi connectivity index (χ2n) is 4.09. The zero-order chi connectivity index (χ0) is 13.1. The van der Waals surface area contributed by atoms with Crippen LogP contribution in [-0.4, -0.2) is 16.1 Å². The van der Waals surface area contributed by atoms with Gasteiger partial charge in [-0.3, -0.25) is 4.79 Å². The van der Waals surface area contributed by atoms with Crippen molar-refractivity contribution in [2.45, 2.75) is 0 Å². The molecule has 0 radical (unpaired) electrons. The summed E-state index contributed by atoms with van der Waals surface area (Å²) in [6, 6.07) is 16.9. The Kier molecular flexibility index (Phi) is 2.90. The van der Waals surface area contributed by atoms with Crippen molar-refractivity contribution < 1.29 is 4.79 Å². The van der Waals surface area contributed by atoms with Gasteiger partial charge in [-0.2, -0.15) is 5.10 Å². The van der Waals surface area contributed by atoms with Crippen LogP contribution in [0.1, 0.15) is 10.4 Å². The fourth-order valence-electron chi connectivity index (χ4n) is 1.96. The summed E-state index contributed by atoms with van der Waals surface area (Å²) in [4.78, 5) is 12.2. The smallest absolute Gasteiger partial charge is 0.257 e. The average molecular weight is 249 g/mol. The summed E-state index contributed by atoms with van der Waals surface area (Å²) < 4.78 is 0. The number of nitrogens with zero attached hydrogens (tertiary/aromatic N) is 2. The molecule has 19 heavy (non-hydrogen) atoms. The maximum atomic E-state index is 12.2. The Morgan fingerprint density at radius 3 is 2.68 bits per heavy atom. The predicted octanol–water partition coefficient (Wildman–Crippen LogP) is 2.83. The van der Waals surface area contributed by atoms with Gasteiger partial charge in [0.1, 0.15) is 0 Å². The van der Waals surface area contributed by atoms with Crippen LogP contribution in [0.4, 0.5) is 5.82 Å². The summed E-state index contributed by atoms with van der Waals surface area (Å²) in [5.41, 5.74) is 2.59. The molecule has 1 aromatic heterocycles. The molecule has 0 saturated carbocycles. The van der Waals surface area contributed by atoms with Crippen LogP contribution in [0.5, 0.6) is 0 Å². The molecule has 0 fully saturated rings. The Morgan fingerprint density at radius 2 is 1.84 bits per heavy atom. The van der Waals surface area contributed by atoms with Crippen LogP contribution in [-0.2, 0) is 0 Å². The number of amides is 1. The number of aromatic nitrogens is 2. The Bertz CT molecular complexity index is 682. The summed E-state index contributed by atoms with van der Waals surface area (Å²) in [6.07, 6.45) is 1.56. The second kappa shape index (κ2) is 4.86. The van der Waals surface area contributed by atoms with Crippen molar-refractivity contribution in [1.82, 2.24) is 10.2 Å². The average Bonchev–Trinajstić information content (AvgIpc) is 2.69. The molecule has 2 aliphatic carbocycles. The SMILES string of the molecule is O=C(Nc1cccnn1)c1ccc2cccccc1-2. The summed E-state index contributed by atoms with van der Waals surface area (Å²) in [5, 5.41) is 10.3. The molecule has 1 amide bonds. The largest absolute Gasteiger partial charge is 0.305 e. The molecular weight excluding hydrogens is 238 g/mol. The fourth-order valence-corrected chi connectivity index (χ4v) is 1.96. The zero-order valence-electron chi connectivity index (χ0n) is 10.1. The molecule has 4 heteroatoms. The number of anilines is 1. The Balaban J connectivity index is 1.92. The van der Waals surface area contributed by atoms with E-state index in [1.54, 1.807) is 18.3 Å². The number of fused-ring (bicyclic) bond motifs is 1. The first-order chi connectivity index (χ1) is 9.34. The van der Waals surface area contributed by atoms with Gasteiger partial charge in [0.25, 0.3) is 5.91 Å². The van der Waals surface area contributed by atoms with Crippen LogP contribution in [0.15, 0.2) is 60.8 Å². The van der Waals surface area contributed by atoms with Gasteiger partial charge in [-0.1, -0.05) is 36.4 Å². The standard InChI is InChI=1S/C15H11N3O/c19-15(17-14-7-4-10-16-18-14)13-9-8-11-5-2-1-3-6-12(11)13/h1-10H,(H,17,18,19). The van der Waals surface area contributed by atoms with Crippen LogP contribution in [0.3, 0.4) is 0 Å². The summed E-state index contributed by atoms with van der Waals surface area (Å²) in [6.45, 7) is 0. The molecule has 3 rings (SSSR count). The molecule has 4 nitrogen and oxygen atoms in total. The van der Waals surface area contributed by atoms with Gasteiger partial charge < -0.3 is 5.32 Å². The molecule has 92 valence electrons. The third-order valence-electron chi connectivity index (χ3n) is 2.85. The van der Waals surface area contributed by atoms with Gasteiger partial charge in [0.2, 0.25) is 0 Å². The number of carbonyl (C=O) groups excluding carboxylic acids is 1.